The van der Waals surface area contributed by atoms with Gasteiger partial charge in [-0.05, 0) is 59.9 Å². The molecule has 0 radical (unpaired) electrons. The molecule has 1 amide bonds. The zero-order valence-corrected chi connectivity index (χ0v) is 18.3. The topological polar surface area (TPSA) is 76.1 Å². The Balaban J connectivity index is 1.39. The summed E-state index contributed by atoms with van der Waals surface area (Å²) in [5.74, 6) is -1.12. The molecule has 0 atom stereocenters. The Bertz CT molecular complexity index is 1310. The van der Waals surface area contributed by atoms with Gasteiger partial charge in [0.15, 0.2) is 16.7 Å². The number of amides is 1. The lowest BCUT2D eigenvalue weighted by Gasteiger charge is -2.12. The maximum atomic E-state index is 14.6. The monoisotopic (exact) mass is 470 g/mol. The molecule has 10 heteroatoms. The first-order valence-electron chi connectivity index (χ1n) is 9.40. The second-order valence-corrected chi connectivity index (χ2v) is 8.10. The third kappa shape index (κ3) is 5.04. The molecule has 162 valence electrons. The van der Waals surface area contributed by atoms with E-state index >= 15 is 0 Å². The number of aromatic nitrogens is 2. The van der Waals surface area contributed by atoms with Crippen LogP contribution in [0.5, 0.6) is 11.6 Å². The minimum atomic E-state index is -0.630. The van der Waals surface area contributed by atoms with Crippen molar-refractivity contribution in [3.05, 3.63) is 76.9 Å². The summed E-state index contributed by atoms with van der Waals surface area (Å²) in [5.41, 5.74) is 1.92. The zero-order chi connectivity index (χ0) is 22.7. The number of anilines is 1. The Morgan fingerprint density at radius 1 is 1.16 bits per heavy atom. The Hall–Kier alpha value is -3.50. The normalized spacial score (nSPS) is 10.7. The van der Waals surface area contributed by atoms with Crippen LogP contribution in [0.3, 0.4) is 0 Å². The summed E-state index contributed by atoms with van der Waals surface area (Å²) in [6.45, 7) is 1.91. The van der Waals surface area contributed by atoms with Crippen molar-refractivity contribution in [3.63, 3.8) is 0 Å². The number of carbonyl (C=O) groups is 1. The van der Waals surface area contributed by atoms with Crippen molar-refractivity contribution in [1.29, 1.82) is 0 Å². The fourth-order valence-corrected chi connectivity index (χ4v) is 4.06. The summed E-state index contributed by atoms with van der Waals surface area (Å²) in [6.07, 6.45) is 1.40. The molecule has 6 nitrogen and oxygen atoms in total. The Morgan fingerprint density at radius 3 is 2.69 bits per heavy atom. The molecule has 2 N–H and O–H groups in total. The van der Waals surface area contributed by atoms with Gasteiger partial charge in [0.2, 0.25) is 11.8 Å². The fraction of sp³-hybridized carbons (Fsp3) is 0.0909. The van der Waals surface area contributed by atoms with Crippen LogP contribution in [0.1, 0.15) is 11.1 Å². The number of halogens is 2. The van der Waals surface area contributed by atoms with Gasteiger partial charge in [-0.1, -0.05) is 12.1 Å². The van der Waals surface area contributed by atoms with Crippen LogP contribution < -0.4 is 15.4 Å². The lowest BCUT2D eigenvalue weighted by molar-refractivity contribution is -0.119. The number of nitrogens with one attached hydrogen (secondary N) is 2. The molecule has 4 aromatic rings. The quantitative estimate of drug-likeness (QED) is 0.394. The van der Waals surface area contributed by atoms with Crippen LogP contribution in [0.2, 0.25) is 0 Å². The van der Waals surface area contributed by atoms with E-state index in [-0.39, 0.29) is 34.9 Å². The minimum absolute atomic E-state index is 0.00702. The Kier molecular flexibility index (Phi) is 6.33. The number of hydrogen-bond donors (Lipinski definition) is 2. The summed E-state index contributed by atoms with van der Waals surface area (Å²) in [7, 11) is 0. The van der Waals surface area contributed by atoms with Crippen molar-refractivity contribution in [3.8, 4) is 11.6 Å². The van der Waals surface area contributed by atoms with Gasteiger partial charge in [-0.3, -0.25) is 4.79 Å². The molecular formula is C22H16F2N4O2S2. The molecule has 0 fully saturated rings. The van der Waals surface area contributed by atoms with Gasteiger partial charge in [-0.15, -0.1) is 11.3 Å². The van der Waals surface area contributed by atoms with E-state index in [1.807, 2.05) is 12.3 Å². The molecule has 0 bridgehead atoms. The van der Waals surface area contributed by atoms with Crippen molar-refractivity contribution < 1.29 is 18.3 Å². The molecule has 0 aliphatic heterocycles. The number of thiophene rings is 1. The van der Waals surface area contributed by atoms with Gasteiger partial charge >= 0.3 is 0 Å². The average molecular weight is 471 g/mol. The van der Waals surface area contributed by atoms with Crippen LogP contribution in [0, 0.1) is 18.6 Å². The number of thiocarbonyl (C=S) groups is 1. The SMILES string of the molecule is Cc1csc2ncnc(Oc3ccc(NC(=S)NC(=O)Cc4ccc(F)cc4)cc3F)c12. The van der Waals surface area contributed by atoms with E-state index in [2.05, 4.69) is 20.6 Å². The number of rotatable bonds is 5. The van der Waals surface area contributed by atoms with Crippen LogP contribution in [0.15, 0.2) is 54.2 Å². The molecule has 0 saturated carbocycles. The van der Waals surface area contributed by atoms with E-state index < -0.39 is 5.82 Å². The number of aryl methyl sites for hydroxylation is 1. The number of carbonyl (C=O) groups excluding carboxylic acids is 1. The zero-order valence-electron chi connectivity index (χ0n) is 16.7. The summed E-state index contributed by atoms with van der Waals surface area (Å²) < 4.78 is 33.3. The van der Waals surface area contributed by atoms with Crippen LogP contribution in [0.4, 0.5) is 14.5 Å². The molecule has 0 spiro atoms. The third-order valence-corrected chi connectivity index (χ3v) is 5.65. The van der Waals surface area contributed by atoms with Gasteiger partial charge < -0.3 is 15.4 Å². The fourth-order valence-electron chi connectivity index (χ4n) is 2.95. The standard InChI is InChI=1S/C22H16F2N4O2S2/c1-12-10-32-21-19(12)20(25-11-26-21)30-17-7-6-15(9-16(17)24)27-22(31)28-18(29)8-13-2-4-14(23)5-3-13/h2-7,9-11H,8H2,1H3,(H2,27,28,29,31). The van der Waals surface area contributed by atoms with E-state index in [4.69, 9.17) is 17.0 Å². The van der Waals surface area contributed by atoms with Crippen LogP contribution in [-0.2, 0) is 11.2 Å². The number of fused-ring (bicyclic) bond motifs is 1. The van der Waals surface area contributed by atoms with Gasteiger partial charge in [0.25, 0.3) is 0 Å². The molecule has 0 saturated heterocycles. The van der Waals surface area contributed by atoms with Gasteiger partial charge in [-0.25, -0.2) is 18.7 Å². The minimum Gasteiger partial charge on any atom is -0.435 e. The van der Waals surface area contributed by atoms with Crippen molar-refractivity contribution in [1.82, 2.24) is 15.3 Å². The number of ether oxygens (including phenoxy) is 1. The molecule has 0 unspecified atom stereocenters. The van der Waals surface area contributed by atoms with E-state index in [0.717, 1.165) is 15.8 Å². The van der Waals surface area contributed by atoms with Crippen molar-refractivity contribution in [2.75, 3.05) is 5.32 Å². The Morgan fingerprint density at radius 2 is 1.94 bits per heavy atom. The number of benzene rings is 2. The highest BCUT2D eigenvalue weighted by atomic mass is 32.1. The first-order chi connectivity index (χ1) is 15.4. The van der Waals surface area contributed by atoms with E-state index in [0.29, 0.717) is 11.3 Å². The first kappa shape index (κ1) is 21.7. The van der Waals surface area contributed by atoms with Crippen molar-refractivity contribution >= 4 is 50.5 Å². The predicted octanol–water partition coefficient (Wildman–Crippen LogP) is 5.13. The summed E-state index contributed by atoms with van der Waals surface area (Å²) >= 11 is 6.57. The van der Waals surface area contributed by atoms with Gasteiger partial charge in [-0.2, -0.15) is 0 Å². The predicted molar refractivity (Wildman–Crippen MR) is 123 cm³/mol. The van der Waals surface area contributed by atoms with Crippen LogP contribution >= 0.6 is 23.6 Å². The smallest absolute Gasteiger partial charge is 0.231 e. The lowest BCUT2D eigenvalue weighted by atomic mass is 10.1. The second kappa shape index (κ2) is 9.33. The molecule has 0 aliphatic rings. The van der Waals surface area contributed by atoms with E-state index in [1.54, 1.807) is 6.07 Å². The number of hydrogen-bond acceptors (Lipinski definition) is 6. The number of nitrogens with zero attached hydrogens (tertiary/aromatic N) is 2. The molecule has 2 aromatic heterocycles. The van der Waals surface area contributed by atoms with Gasteiger partial charge in [0.05, 0.1) is 11.8 Å². The maximum absolute atomic E-state index is 14.6. The molecule has 32 heavy (non-hydrogen) atoms. The Labute approximate surface area is 191 Å². The molecule has 2 aromatic carbocycles. The maximum Gasteiger partial charge on any atom is 0.231 e. The molecular weight excluding hydrogens is 454 g/mol. The molecule has 0 aliphatic carbocycles. The summed E-state index contributed by atoms with van der Waals surface area (Å²) in [4.78, 5) is 21.2. The van der Waals surface area contributed by atoms with Crippen LogP contribution in [-0.4, -0.2) is 21.0 Å². The summed E-state index contributed by atoms with van der Waals surface area (Å²) in [6, 6.07) is 9.79. The van der Waals surface area contributed by atoms with Crippen molar-refractivity contribution in [2.24, 2.45) is 0 Å². The highest BCUT2D eigenvalue weighted by Crippen LogP contribution is 2.34. The highest BCUT2D eigenvalue weighted by Gasteiger charge is 2.14. The molecule has 2 heterocycles. The van der Waals surface area contributed by atoms with Crippen molar-refractivity contribution in [2.45, 2.75) is 13.3 Å². The first-order valence-corrected chi connectivity index (χ1v) is 10.7. The van der Waals surface area contributed by atoms with Gasteiger partial charge in [0, 0.05) is 11.8 Å². The molecule has 4 rings (SSSR count). The lowest BCUT2D eigenvalue weighted by Crippen LogP contribution is -2.35. The average Bonchev–Trinajstić information content (AvgIpc) is 3.13. The van der Waals surface area contributed by atoms with E-state index in [1.165, 1.54) is 54.1 Å². The highest BCUT2D eigenvalue weighted by molar-refractivity contribution is 7.80. The largest absolute Gasteiger partial charge is 0.435 e. The van der Waals surface area contributed by atoms with Crippen LogP contribution in [0.25, 0.3) is 10.2 Å². The van der Waals surface area contributed by atoms with E-state index in [9.17, 15) is 13.6 Å². The second-order valence-electron chi connectivity index (χ2n) is 6.83. The van der Waals surface area contributed by atoms with Gasteiger partial charge in [0.1, 0.15) is 17.0 Å². The summed E-state index contributed by atoms with van der Waals surface area (Å²) in [5, 5.41) is 7.94. The third-order valence-electron chi connectivity index (χ3n) is 4.45.